The zero-order valence-corrected chi connectivity index (χ0v) is 8.57. The fourth-order valence-electron chi connectivity index (χ4n) is 3.25. The Morgan fingerprint density at radius 1 is 1.43 bits per heavy atom. The highest BCUT2D eigenvalue weighted by atomic mass is 16.5. The second kappa shape index (κ2) is 2.63. The standard InChI is InChI=1S/C10H17N3O/c1-13-7-2-3-8(13)5-10(4-7)6-12-9(11)14-10/h7-8H,2-6H2,1H3,(H2,11,12). The molecule has 3 heterocycles. The topological polar surface area (TPSA) is 50.8 Å². The van der Waals surface area contributed by atoms with Crippen LogP contribution < -0.4 is 5.73 Å². The van der Waals surface area contributed by atoms with Crippen LogP contribution in [0.5, 0.6) is 0 Å². The van der Waals surface area contributed by atoms with Crippen molar-refractivity contribution >= 4 is 6.02 Å². The molecule has 2 fully saturated rings. The molecule has 2 bridgehead atoms. The van der Waals surface area contributed by atoms with E-state index in [9.17, 15) is 0 Å². The zero-order valence-electron chi connectivity index (χ0n) is 8.57. The number of ether oxygens (including phenoxy) is 1. The van der Waals surface area contributed by atoms with E-state index in [1.165, 1.54) is 12.8 Å². The highest BCUT2D eigenvalue weighted by Gasteiger charge is 2.50. The Bertz CT molecular complexity index is 275. The van der Waals surface area contributed by atoms with Crippen LogP contribution >= 0.6 is 0 Å². The van der Waals surface area contributed by atoms with E-state index in [-0.39, 0.29) is 5.60 Å². The second-order valence-corrected chi connectivity index (χ2v) is 4.90. The molecule has 14 heavy (non-hydrogen) atoms. The van der Waals surface area contributed by atoms with Crippen LogP contribution in [0.15, 0.2) is 4.99 Å². The van der Waals surface area contributed by atoms with Crippen molar-refractivity contribution in [3.63, 3.8) is 0 Å². The molecule has 2 atom stereocenters. The zero-order chi connectivity index (χ0) is 9.76. The van der Waals surface area contributed by atoms with Crippen molar-refractivity contribution in [1.29, 1.82) is 0 Å². The van der Waals surface area contributed by atoms with Gasteiger partial charge in [-0.15, -0.1) is 0 Å². The van der Waals surface area contributed by atoms with Crippen molar-refractivity contribution in [2.75, 3.05) is 13.6 Å². The molecule has 0 aromatic rings. The summed E-state index contributed by atoms with van der Waals surface area (Å²) in [5, 5.41) is 0. The first-order valence-electron chi connectivity index (χ1n) is 5.39. The predicted octanol–water partition coefficient (Wildman–Crippen LogP) is 0.327. The summed E-state index contributed by atoms with van der Waals surface area (Å²) in [7, 11) is 2.23. The van der Waals surface area contributed by atoms with Crippen LogP contribution in [-0.4, -0.2) is 42.2 Å². The third kappa shape index (κ3) is 1.06. The van der Waals surface area contributed by atoms with Crippen molar-refractivity contribution in [2.45, 2.75) is 43.4 Å². The predicted molar refractivity (Wildman–Crippen MR) is 54.1 cm³/mol. The average Bonchev–Trinajstić information content (AvgIpc) is 2.58. The Kier molecular flexibility index (Phi) is 1.60. The lowest BCUT2D eigenvalue weighted by Gasteiger charge is -2.41. The first-order valence-corrected chi connectivity index (χ1v) is 5.39. The number of hydrogen-bond acceptors (Lipinski definition) is 4. The number of piperidine rings is 1. The number of nitrogens with zero attached hydrogens (tertiary/aromatic N) is 2. The van der Waals surface area contributed by atoms with Gasteiger partial charge in [-0.1, -0.05) is 0 Å². The summed E-state index contributed by atoms with van der Waals surface area (Å²) in [5.74, 6) is 0. The van der Waals surface area contributed by atoms with Crippen LogP contribution in [0.3, 0.4) is 0 Å². The maximum atomic E-state index is 5.72. The summed E-state index contributed by atoms with van der Waals surface area (Å²) in [6.45, 7) is 0.777. The van der Waals surface area contributed by atoms with Crippen molar-refractivity contribution in [3.8, 4) is 0 Å². The van der Waals surface area contributed by atoms with Gasteiger partial charge in [0.1, 0.15) is 5.60 Å². The number of rotatable bonds is 0. The first-order chi connectivity index (χ1) is 6.69. The Morgan fingerprint density at radius 2 is 2.07 bits per heavy atom. The van der Waals surface area contributed by atoms with E-state index in [1.807, 2.05) is 0 Å². The van der Waals surface area contributed by atoms with Gasteiger partial charge in [0.2, 0.25) is 0 Å². The van der Waals surface area contributed by atoms with E-state index in [1.54, 1.807) is 0 Å². The summed E-state index contributed by atoms with van der Waals surface area (Å²) < 4.78 is 5.72. The van der Waals surface area contributed by atoms with Crippen molar-refractivity contribution in [2.24, 2.45) is 10.7 Å². The average molecular weight is 195 g/mol. The van der Waals surface area contributed by atoms with Crippen molar-refractivity contribution in [1.82, 2.24) is 4.90 Å². The summed E-state index contributed by atoms with van der Waals surface area (Å²) in [6, 6.07) is 1.78. The number of hydrogen-bond donors (Lipinski definition) is 1. The molecule has 3 aliphatic rings. The Labute approximate surface area is 84.1 Å². The molecule has 0 radical (unpaired) electrons. The summed E-state index contributed by atoms with van der Waals surface area (Å²) in [4.78, 5) is 6.69. The van der Waals surface area contributed by atoms with Gasteiger partial charge < -0.3 is 15.4 Å². The van der Waals surface area contributed by atoms with E-state index >= 15 is 0 Å². The van der Waals surface area contributed by atoms with Gasteiger partial charge in [0.15, 0.2) is 0 Å². The van der Waals surface area contributed by atoms with Gasteiger partial charge in [0, 0.05) is 24.9 Å². The number of amidine groups is 1. The molecule has 78 valence electrons. The van der Waals surface area contributed by atoms with Crippen LogP contribution in [0, 0.1) is 0 Å². The van der Waals surface area contributed by atoms with Gasteiger partial charge in [0.25, 0.3) is 6.02 Å². The van der Waals surface area contributed by atoms with Crippen molar-refractivity contribution < 1.29 is 4.74 Å². The third-order valence-electron chi connectivity index (χ3n) is 4.04. The smallest absolute Gasteiger partial charge is 0.282 e. The quantitative estimate of drug-likeness (QED) is 0.606. The Morgan fingerprint density at radius 3 is 2.57 bits per heavy atom. The lowest BCUT2D eigenvalue weighted by Crippen LogP contribution is -2.51. The molecule has 3 aliphatic heterocycles. The van der Waals surface area contributed by atoms with Crippen molar-refractivity contribution in [3.05, 3.63) is 0 Å². The maximum Gasteiger partial charge on any atom is 0.282 e. The highest BCUT2D eigenvalue weighted by Crippen LogP contribution is 2.43. The molecule has 0 aliphatic carbocycles. The molecule has 0 aromatic carbocycles. The van der Waals surface area contributed by atoms with E-state index in [2.05, 4.69) is 16.9 Å². The third-order valence-corrected chi connectivity index (χ3v) is 4.04. The molecular weight excluding hydrogens is 178 g/mol. The highest BCUT2D eigenvalue weighted by molar-refractivity contribution is 5.73. The largest absolute Gasteiger partial charge is 0.457 e. The monoisotopic (exact) mass is 195 g/mol. The van der Waals surface area contributed by atoms with Crippen LogP contribution in [0.25, 0.3) is 0 Å². The van der Waals surface area contributed by atoms with Gasteiger partial charge in [-0.05, 0) is 19.9 Å². The molecule has 0 saturated carbocycles. The van der Waals surface area contributed by atoms with E-state index in [4.69, 9.17) is 10.5 Å². The minimum absolute atomic E-state index is 0.0393. The molecule has 1 spiro atoms. The van der Waals surface area contributed by atoms with Crippen LogP contribution in [0.1, 0.15) is 25.7 Å². The molecule has 2 saturated heterocycles. The van der Waals surface area contributed by atoms with Crippen LogP contribution in [0.2, 0.25) is 0 Å². The lowest BCUT2D eigenvalue weighted by molar-refractivity contribution is -0.0128. The van der Waals surface area contributed by atoms with Crippen LogP contribution in [0.4, 0.5) is 0 Å². The minimum Gasteiger partial charge on any atom is -0.457 e. The van der Waals surface area contributed by atoms with Gasteiger partial charge in [-0.25, -0.2) is 4.99 Å². The molecular formula is C10H17N3O. The summed E-state index contributed by atoms with van der Waals surface area (Å²) >= 11 is 0. The lowest BCUT2D eigenvalue weighted by atomic mass is 9.86. The number of aliphatic imine (C=N–C) groups is 1. The molecule has 0 aromatic heterocycles. The van der Waals surface area contributed by atoms with Gasteiger partial charge in [-0.3, -0.25) is 0 Å². The van der Waals surface area contributed by atoms with E-state index in [0.717, 1.165) is 19.4 Å². The molecule has 2 unspecified atom stereocenters. The van der Waals surface area contributed by atoms with Gasteiger partial charge in [0.05, 0.1) is 6.54 Å². The van der Waals surface area contributed by atoms with Gasteiger partial charge >= 0.3 is 0 Å². The second-order valence-electron chi connectivity index (χ2n) is 4.90. The first kappa shape index (κ1) is 8.53. The Balaban J connectivity index is 1.80. The fraction of sp³-hybridized carbons (Fsp3) is 0.900. The maximum absolute atomic E-state index is 5.72. The SMILES string of the molecule is CN1C2CCC1CC1(CN=C(N)O1)C2. The number of fused-ring (bicyclic) bond motifs is 2. The normalized spacial score (nSPS) is 46.8. The minimum atomic E-state index is -0.0393. The molecule has 0 amide bonds. The summed E-state index contributed by atoms with van der Waals surface area (Å²) in [5.41, 5.74) is 5.56. The van der Waals surface area contributed by atoms with E-state index in [0.29, 0.717) is 18.1 Å². The van der Waals surface area contributed by atoms with Crippen LogP contribution in [-0.2, 0) is 4.74 Å². The molecule has 4 nitrogen and oxygen atoms in total. The molecule has 2 N–H and O–H groups in total. The summed E-state index contributed by atoms with van der Waals surface area (Å²) in [6.07, 6.45) is 4.83. The molecule has 3 rings (SSSR count). The fourth-order valence-corrected chi connectivity index (χ4v) is 3.25. The Hall–Kier alpha value is -0.770. The van der Waals surface area contributed by atoms with E-state index < -0.39 is 0 Å². The number of nitrogens with two attached hydrogens (primary N) is 1. The van der Waals surface area contributed by atoms with Gasteiger partial charge in [-0.2, -0.15) is 0 Å². The molecule has 4 heteroatoms.